The summed E-state index contributed by atoms with van der Waals surface area (Å²) in [4.78, 5) is 26.0. The summed E-state index contributed by atoms with van der Waals surface area (Å²) in [7, 11) is 0. The van der Waals surface area contributed by atoms with E-state index in [1.54, 1.807) is 36.4 Å². The van der Waals surface area contributed by atoms with Gasteiger partial charge in [-0.15, -0.1) is 12.4 Å². The number of nitrogens with zero attached hydrogens (tertiary/aromatic N) is 1. The number of nitrogens with one attached hydrogen (secondary N) is 1. The molecule has 0 radical (unpaired) electrons. The van der Waals surface area contributed by atoms with Crippen LogP contribution in [0.5, 0.6) is 11.5 Å². The second-order valence-corrected chi connectivity index (χ2v) is 13.2. The number of piperidine rings is 1. The van der Waals surface area contributed by atoms with Crippen LogP contribution in [0.4, 0.5) is 26.3 Å². The lowest BCUT2D eigenvalue weighted by Crippen LogP contribution is -2.36. The molecule has 14 heteroatoms. The molecule has 1 amide bonds. The van der Waals surface area contributed by atoms with E-state index in [-0.39, 0.29) is 61.3 Å². The SMILES string of the molecule is CC(C)(C)c1ccc(O[C@@H](Cc2ccc(OCCNC3C4CN(C(=O)c5cc(C(F)(F)F)cc(C(F)(F)F)c5)C[C@@H]43)cc2)C(=O)O)cc1.Cl. The third kappa shape index (κ3) is 9.39. The quantitative estimate of drug-likeness (QED) is 0.161. The number of halogens is 7. The zero-order valence-electron chi connectivity index (χ0n) is 26.9. The maximum atomic E-state index is 13.2. The van der Waals surface area contributed by atoms with E-state index in [0.29, 0.717) is 36.8 Å². The lowest BCUT2D eigenvalue weighted by atomic mass is 9.87. The van der Waals surface area contributed by atoms with Crippen molar-refractivity contribution in [3.05, 3.63) is 94.5 Å². The molecule has 3 aromatic carbocycles. The van der Waals surface area contributed by atoms with Crippen molar-refractivity contribution < 1.29 is 50.5 Å². The third-order valence-electron chi connectivity index (χ3n) is 8.69. The predicted molar refractivity (Wildman–Crippen MR) is 171 cm³/mol. The van der Waals surface area contributed by atoms with Gasteiger partial charge in [-0.25, -0.2) is 4.79 Å². The zero-order chi connectivity index (χ0) is 35.0. The van der Waals surface area contributed by atoms with E-state index in [9.17, 15) is 41.0 Å². The zero-order valence-corrected chi connectivity index (χ0v) is 27.7. The number of ether oxygens (including phenoxy) is 2. The lowest BCUT2D eigenvalue weighted by molar-refractivity contribution is -0.145. The van der Waals surface area contributed by atoms with Gasteiger partial charge >= 0.3 is 18.3 Å². The number of likely N-dealkylation sites (tertiary alicyclic amines) is 1. The maximum Gasteiger partial charge on any atom is 0.416 e. The molecule has 0 spiro atoms. The molecule has 1 heterocycles. The van der Waals surface area contributed by atoms with E-state index >= 15 is 0 Å². The first-order valence-corrected chi connectivity index (χ1v) is 15.4. The van der Waals surface area contributed by atoms with Gasteiger partial charge in [-0.3, -0.25) is 4.79 Å². The van der Waals surface area contributed by atoms with E-state index in [0.717, 1.165) is 11.1 Å². The first-order chi connectivity index (χ1) is 22.4. The first kappa shape index (κ1) is 37.8. The van der Waals surface area contributed by atoms with Crippen LogP contribution >= 0.6 is 12.4 Å². The van der Waals surface area contributed by atoms with E-state index in [1.165, 1.54) is 4.90 Å². The number of carbonyl (C=O) groups is 2. The van der Waals surface area contributed by atoms with Crippen molar-refractivity contribution >= 4 is 24.3 Å². The van der Waals surface area contributed by atoms with Gasteiger partial charge in [-0.05, 0) is 70.8 Å². The van der Waals surface area contributed by atoms with Gasteiger partial charge in [0.05, 0.1) is 11.1 Å². The molecule has 2 unspecified atom stereocenters. The molecule has 1 aliphatic heterocycles. The Hall–Kier alpha value is -3.97. The van der Waals surface area contributed by atoms with Gasteiger partial charge in [0.25, 0.3) is 5.91 Å². The molecule has 49 heavy (non-hydrogen) atoms. The van der Waals surface area contributed by atoms with Gasteiger partial charge < -0.3 is 24.8 Å². The number of hydrogen-bond acceptors (Lipinski definition) is 5. The molecule has 1 saturated heterocycles. The Labute approximate surface area is 286 Å². The molecule has 7 nitrogen and oxygen atoms in total. The lowest BCUT2D eigenvalue weighted by Gasteiger charge is -2.22. The van der Waals surface area contributed by atoms with Crippen LogP contribution in [0.1, 0.15) is 53.4 Å². The molecule has 3 aromatic rings. The van der Waals surface area contributed by atoms with Gasteiger partial charge in [0.1, 0.15) is 18.1 Å². The summed E-state index contributed by atoms with van der Waals surface area (Å²) in [5.74, 6) is -0.801. The van der Waals surface area contributed by atoms with Gasteiger partial charge in [-0.2, -0.15) is 26.3 Å². The van der Waals surface area contributed by atoms with E-state index < -0.39 is 47.0 Å². The topological polar surface area (TPSA) is 88.1 Å². The number of aliphatic carboxylic acids is 1. The highest BCUT2D eigenvalue weighted by molar-refractivity contribution is 5.95. The number of carboxylic acid groups (broad SMARTS) is 1. The average molecular weight is 715 g/mol. The van der Waals surface area contributed by atoms with Crippen molar-refractivity contribution in [2.75, 3.05) is 26.2 Å². The summed E-state index contributed by atoms with van der Waals surface area (Å²) >= 11 is 0. The summed E-state index contributed by atoms with van der Waals surface area (Å²) < 4.78 is 90.8. The highest BCUT2D eigenvalue weighted by Crippen LogP contribution is 2.46. The number of benzene rings is 3. The minimum atomic E-state index is -5.03. The minimum absolute atomic E-state index is 0. The minimum Gasteiger partial charge on any atom is -0.492 e. The van der Waals surface area contributed by atoms with Crippen LogP contribution in [-0.2, 0) is 29.0 Å². The smallest absolute Gasteiger partial charge is 0.416 e. The summed E-state index contributed by atoms with van der Waals surface area (Å²) in [6.07, 6.45) is -11.0. The molecule has 0 aromatic heterocycles. The average Bonchev–Trinajstić information content (AvgIpc) is 3.45. The molecule has 2 fully saturated rings. The number of amides is 1. The molecule has 2 N–H and O–H groups in total. The molecule has 1 saturated carbocycles. The number of carbonyl (C=O) groups excluding carboxylic acids is 1. The Balaban J connectivity index is 0.00000541. The van der Waals surface area contributed by atoms with E-state index in [1.807, 2.05) is 12.1 Å². The largest absolute Gasteiger partial charge is 0.492 e. The van der Waals surface area contributed by atoms with E-state index in [4.69, 9.17) is 9.47 Å². The molecule has 5 rings (SSSR count). The van der Waals surface area contributed by atoms with Crippen LogP contribution in [0.3, 0.4) is 0 Å². The molecule has 266 valence electrons. The Bertz CT molecular complexity index is 1580. The van der Waals surface area contributed by atoms with Gasteiger partial charge in [0.15, 0.2) is 6.10 Å². The Morgan fingerprint density at radius 3 is 1.86 bits per heavy atom. The van der Waals surface area contributed by atoms with Crippen LogP contribution in [0, 0.1) is 11.8 Å². The van der Waals surface area contributed by atoms with Gasteiger partial charge in [-0.1, -0.05) is 45.0 Å². The Morgan fingerprint density at radius 2 is 1.37 bits per heavy atom. The standard InChI is InChI=1S/C35H36F6N2O5.ClH/c1-33(2,3)22-6-10-26(11-7-22)48-29(32(45)46)14-20-4-8-25(9-5-20)47-13-12-42-30-27-18-43(19-28(27)30)31(44)21-15-23(34(36,37)38)17-24(16-21)35(39,40)41;/h4-11,15-17,27-30,42H,12-14,18-19H2,1-3H3,(H,45,46);1H/t27-,28?,29-,30?;/m0./s1. The van der Waals surface area contributed by atoms with Crippen molar-refractivity contribution in [1.82, 2.24) is 10.2 Å². The highest BCUT2D eigenvalue weighted by atomic mass is 35.5. The fourth-order valence-corrected chi connectivity index (χ4v) is 5.96. The van der Waals surface area contributed by atoms with Gasteiger partial charge in [0.2, 0.25) is 0 Å². The predicted octanol–water partition coefficient (Wildman–Crippen LogP) is 7.26. The molecule has 2 aliphatic rings. The van der Waals surface area contributed by atoms with Crippen LogP contribution in [-0.4, -0.2) is 60.3 Å². The Morgan fingerprint density at radius 1 is 0.837 bits per heavy atom. The molecule has 4 atom stereocenters. The second kappa shape index (κ2) is 14.5. The highest BCUT2D eigenvalue weighted by Gasteiger charge is 2.56. The fourth-order valence-electron chi connectivity index (χ4n) is 5.96. The number of hydrogen-bond donors (Lipinski definition) is 2. The van der Waals surface area contributed by atoms with Crippen LogP contribution in [0.2, 0.25) is 0 Å². The summed E-state index contributed by atoms with van der Waals surface area (Å²) in [6.45, 7) is 7.50. The maximum absolute atomic E-state index is 13.2. The second-order valence-electron chi connectivity index (χ2n) is 13.2. The molecule has 1 aliphatic carbocycles. The van der Waals surface area contributed by atoms with Crippen molar-refractivity contribution in [3.63, 3.8) is 0 Å². The third-order valence-corrected chi connectivity index (χ3v) is 8.69. The van der Waals surface area contributed by atoms with Crippen LogP contribution in [0.15, 0.2) is 66.7 Å². The summed E-state index contributed by atoms with van der Waals surface area (Å²) in [5, 5.41) is 13.0. The monoisotopic (exact) mass is 714 g/mol. The molecular weight excluding hydrogens is 678 g/mol. The van der Waals surface area contributed by atoms with Gasteiger partial charge in [0, 0.05) is 37.7 Å². The van der Waals surface area contributed by atoms with Crippen LogP contribution < -0.4 is 14.8 Å². The van der Waals surface area contributed by atoms with E-state index in [2.05, 4.69) is 26.1 Å². The number of carboxylic acids is 1. The summed E-state index contributed by atoms with van der Waals surface area (Å²) in [6, 6.07) is 15.4. The molecule has 0 bridgehead atoms. The normalized spacial score (nSPS) is 19.4. The van der Waals surface area contributed by atoms with Crippen molar-refractivity contribution in [3.8, 4) is 11.5 Å². The van der Waals surface area contributed by atoms with Crippen molar-refractivity contribution in [2.45, 2.75) is 57.1 Å². The Kier molecular flexibility index (Phi) is 11.2. The number of rotatable bonds is 11. The first-order valence-electron chi connectivity index (χ1n) is 15.4. The van der Waals surface area contributed by atoms with Crippen molar-refractivity contribution in [1.29, 1.82) is 0 Å². The summed E-state index contributed by atoms with van der Waals surface area (Å²) in [5.41, 5.74) is -1.85. The number of fused-ring (bicyclic) bond motifs is 1. The fraction of sp³-hybridized carbons (Fsp3) is 0.429. The van der Waals surface area contributed by atoms with Crippen molar-refractivity contribution in [2.24, 2.45) is 11.8 Å². The van der Waals surface area contributed by atoms with Crippen LogP contribution in [0.25, 0.3) is 0 Å². The molecular formula is C35H37ClF6N2O5. The number of alkyl halides is 6.